The van der Waals surface area contributed by atoms with Crippen LogP contribution in [-0.4, -0.2) is 21.7 Å². The molecule has 0 radical (unpaired) electrons. The Balaban J connectivity index is 2.00. The molecule has 4 nitrogen and oxygen atoms in total. The monoisotopic (exact) mass is 361 g/mol. The molecule has 4 rings (SSSR count). The van der Waals surface area contributed by atoms with Gasteiger partial charge in [-0.05, 0) is 37.3 Å². The number of ketones is 1. The second-order valence-electron chi connectivity index (χ2n) is 6.00. The first-order valence-electron chi connectivity index (χ1n) is 8.06. The maximum Gasteiger partial charge on any atom is 0.159 e. The first kappa shape index (κ1) is 16.4. The van der Waals surface area contributed by atoms with Crippen LogP contribution in [0.5, 0.6) is 11.5 Å². The quantitative estimate of drug-likeness (QED) is 0.497. The smallest absolute Gasteiger partial charge is 0.159 e. The molecule has 26 heavy (non-hydrogen) atoms. The summed E-state index contributed by atoms with van der Waals surface area (Å²) in [4.78, 5) is 18.5. The van der Waals surface area contributed by atoms with E-state index in [1.807, 2.05) is 30.3 Å². The number of hydrogen-bond donors (Lipinski definition) is 2. The fraction of sp³-hybridized carbons (Fsp3) is 0.0476. The lowest BCUT2D eigenvalue weighted by Gasteiger charge is -2.10. The second-order valence-corrected chi connectivity index (χ2v) is 7.08. The van der Waals surface area contributed by atoms with Crippen LogP contribution in [0.2, 0.25) is 0 Å². The van der Waals surface area contributed by atoms with Crippen molar-refractivity contribution in [2.45, 2.75) is 16.7 Å². The van der Waals surface area contributed by atoms with Gasteiger partial charge in [0.15, 0.2) is 5.78 Å². The number of carbonyl (C=O) groups is 1. The van der Waals surface area contributed by atoms with E-state index in [1.54, 1.807) is 30.0 Å². The van der Waals surface area contributed by atoms with Crippen LogP contribution >= 0.6 is 11.8 Å². The topological polar surface area (TPSA) is 69.9 Å². The molecule has 1 aliphatic heterocycles. The minimum atomic E-state index is -0.0466. The number of aromatic hydroxyl groups is 2. The third-order valence-corrected chi connectivity index (χ3v) is 5.34. The first-order chi connectivity index (χ1) is 12.5. The molecule has 2 N–H and O–H groups in total. The summed E-state index contributed by atoms with van der Waals surface area (Å²) in [6.07, 6.45) is 0. The van der Waals surface area contributed by atoms with Gasteiger partial charge in [0.05, 0.1) is 11.4 Å². The van der Waals surface area contributed by atoms with Gasteiger partial charge >= 0.3 is 0 Å². The van der Waals surface area contributed by atoms with E-state index in [2.05, 4.69) is 0 Å². The van der Waals surface area contributed by atoms with Crippen molar-refractivity contribution in [1.29, 1.82) is 0 Å². The van der Waals surface area contributed by atoms with Crippen molar-refractivity contribution >= 4 is 28.9 Å². The summed E-state index contributed by atoms with van der Waals surface area (Å²) in [5.41, 5.74) is 3.29. The number of benzene rings is 3. The first-order valence-corrected chi connectivity index (χ1v) is 8.88. The summed E-state index contributed by atoms with van der Waals surface area (Å²) in [5.74, 6) is -0.0825. The van der Waals surface area contributed by atoms with Crippen LogP contribution in [0.3, 0.4) is 0 Å². The van der Waals surface area contributed by atoms with E-state index in [9.17, 15) is 15.0 Å². The molecule has 1 heterocycles. The molecular weight excluding hydrogens is 346 g/mol. The van der Waals surface area contributed by atoms with E-state index in [0.29, 0.717) is 22.5 Å². The zero-order chi connectivity index (χ0) is 18.3. The molecule has 5 heteroatoms. The molecule has 0 fully saturated rings. The van der Waals surface area contributed by atoms with E-state index >= 15 is 0 Å². The number of Topliss-reactive ketones (excluding diaryl/α,β-unsaturated/α-hetero) is 1. The van der Waals surface area contributed by atoms with Crippen LogP contribution < -0.4 is 0 Å². The highest BCUT2D eigenvalue weighted by Crippen LogP contribution is 2.42. The van der Waals surface area contributed by atoms with Gasteiger partial charge in [-0.25, -0.2) is 4.99 Å². The largest absolute Gasteiger partial charge is 0.508 e. The lowest BCUT2D eigenvalue weighted by molar-refractivity contribution is 0.101. The molecule has 0 saturated carbocycles. The number of aliphatic imine (C=N–C) groups is 1. The molecule has 0 unspecified atom stereocenters. The van der Waals surface area contributed by atoms with Gasteiger partial charge in [0.1, 0.15) is 11.5 Å². The Bertz CT molecular complexity index is 1070. The average molecular weight is 361 g/mol. The lowest BCUT2D eigenvalue weighted by Crippen LogP contribution is -2.04. The Morgan fingerprint density at radius 1 is 0.923 bits per heavy atom. The minimum absolute atomic E-state index is 0.0117. The van der Waals surface area contributed by atoms with Crippen molar-refractivity contribution in [2.24, 2.45) is 4.99 Å². The molecule has 0 aromatic heterocycles. The van der Waals surface area contributed by atoms with Gasteiger partial charge in [0.25, 0.3) is 0 Å². The average Bonchev–Trinajstić information content (AvgIpc) is 2.77. The number of rotatable bonds is 2. The van der Waals surface area contributed by atoms with Gasteiger partial charge < -0.3 is 10.2 Å². The second kappa shape index (κ2) is 6.35. The Labute approximate surface area is 154 Å². The van der Waals surface area contributed by atoms with E-state index < -0.39 is 0 Å². The summed E-state index contributed by atoms with van der Waals surface area (Å²) in [6.45, 7) is 1.52. The highest BCUT2D eigenvalue weighted by molar-refractivity contribution is 7.99. The summed E-state index contributed by atoms with van der Waals surface area (Å²) < 4.78 is 0. The highest BCUT2D eigenvalue weighted by Gasteiger charge is 2.21. The van der Waals surface area contributed by atoms with E-state index in [1.165, 1.54) is 19.1 Å². The molecular formula is C21H15NO3S. The number of phenols is 2. The normalized spacial score (nSPS) is 12.6. The molecule has 128 valence electrons. The maximum atomic E-state index is 11.8. The number of hydrogen-bond acceptors (Lipinski definition) is 5. The molecule has 3 aromatic carbocycles. The summed E-state index contributed by atoms with van der Waals surface area (Å²) in [5, 5.41) is 20.0. The third kappa shape index (κ3) is 2.86. The fourth-order valence-corrected chi connectivity index (χ4v) is 3.89. The van der Waals surface area contributed by atoms with Crippen LogP contribution in [0.4, 0.5) is 5.69 Å². The molecule has 0 atom stereocenters. The van der Waals surface area contributed by atoms with E-state index in [4.69, 9.17) is 4.99 Å². The predicted octanol–water partition coefficient (Wildman–Crippen LogP) is 4.93. The molecule has 1 aliphatic rings. The summed E-state index contributed by atoms with van der Waals surface area (Å²) in [6, 6.07) is 17.8. The van der Waals surface area contributed by atoms with Crippen molar-refractivity contribution in [3.05, 3.63) is 77.4 Å². The van der Waals surface area contributed by atoms with Crippen molar-refractivity contribution in [3.8, 4) is 11.5 Å². The molecule has 0 bridgehead atoms. The Kier molecular flexibility index (Phi) is 4.01. The fourth-order valence-electron chi connectivity index (χ4n) is 2.89. The van der Waals surface area contributed by atoms with Gasteiger partial charge in [-0.3, -0.25) is 4.79 Å². The predicted molar refractivity (Wildman–Crippen MR) is 102 cm³/mol. The Morgan fingerprint density at radius 2 is 1.73 bits per heavy atom. The molecule has 0 amide bonds. The van der Waals surface area contributed by atoms with Crippen LogP contribution in [0.15, 0.2) is 75.4 Å². The summed E-state index contributed by atoms with van der Waals surface area (Å²) in [7, 11) is 0. The zero-order valence-electron chi connectivity index (χ0n) is 13.9. The number of fused-ring (bicyclic) bond motifs is 2. The van der Waals surface area contributed by atoms with Gasteiger partial charge in [-0.2, -0.15) is 0 Å². The number of nitrogens with zero attached hydrogens (tertiary/aromatic N) is 1. The van der Waals surface area contributed by atoms with E-state index in [0.717, 1.165) is 15.4 Å². The zero-order valence-corrected chi connectivity index (χ0v) is 14.7. The van der Waals surface area contributed by atoms with Crippen LogP contribution in [-0.2, 0) is 0 Å². The lowest BCUT2D eigenvalue weighted by atomic mass is 10.0. The van der Waals surface area contributed by atoms with E-state index in [-0.39, 0.29) is 17.3 Å². The maximum absolute atomic E-state index is 11.8. The van der Waals surface area contributed by atoms with Crippen molar-refractivity contribution < 1.29 is 15.0 Å². The third-order valence-electron chi connectivity index (χ3n) is 4.20. The van der Waals surface area contributed by atoms with Gasteiger partial charge in [-0.1, -0.05) is 36.0 Å². The Morgan fingerprint density at radius 3 is 2.50 bits per heavy atom. The SMILES string of the molecule is CC(=O)c1ccc2c(c1)N=C(c1ccc(O)cc1O)c1ccccc1S2. The Hall–Kier alpha value is -3.05. The van der Waals surface area contributed by atoms with Crippen LogP contribution in [0.25, 0.3) is 0 Å². The molecule has 0 aliphatic carbocycles. The minimum Gasteiger partial charge on any atom is -0.508 e. The molecule has 3 aromatic rings. The molecule has 0 saturated heterocycles. The van der Waals surface area contributed by atoms with Crippen molar-refractivity contribution in [3.63, 3.8) is 0 Å². The van der Waals surface area contributed by atoms with Gasteiger partial charge in [0.2, 0.25) is 0 Å². The standard InChI is InChI=1S/C21H15NO3S/c1-12(23)13-6-9-20-17(10-13)22-21(15-8-7-14(24)11-18(15)25)16-4-2-3-5-19(16)26-20/h2-11,24-25H,1H3. The molecule has 0 spiro atoms. The van der Waals surface area contributed by atoms with Crippen molar-refractivity contribution in [1.82, 2.24) is 0 Å². The van der Waals surface area contributed by atoms with Gasteiger partial charge in [-0.15, -0.1) is 0 Å². The van der Waals surface area contributed by atoms with Crippen LogP contribution in [0, 0.1) is 0 Å². The number of phenolic OH excluding ortho intramolecular Hbond substituents is 2. The van der Waals surface area contributed by atoms with Gasteiger partial charge in [0, 0.05) is 32.5 Å². The van der Waals surface area contributed by atoms with Crippen molar-refractivity contribution in [2.75, 3.05) is 0 Å². The van der Waals surface area contributed by atoms with Crippen LogP contribution in [0.1, 0.15) is 28.4 Å². The summed E-state index contributed by atoms with van der Waals surface area (Å²) >= 11 is 1.57. The number of carbonyl (C=O) groups excluding carboxylic acids is 1. The highest BCUT2D eigenvalue weighted by atomic mass is 32.2.